The van der Waals surface area contributed by atoms with Gasteiger partial charge >= 0.3 is 0 Å². The number of fused-ring (bicyclic) bond motifs is 2. The van der Waals surface area contributed by atoms with Crippen LogP contribution in [-0.4, -0.2) is 0 Å². The molecule has 176 valence electrons. The van der Waals surface area contributed by atoms with E-state index < -0.39 is 0 Å². The second kappa shape index (κ2) is 13.2. The van der Waals surface area contributed by atoms with Crippen LogP contribution in [0.3, 0.4) is 0 Å². The molecule has 2 aliphatic carbocycles. The molecule has 32 heavy (non-hydrogen) atoms. The molecule has 2 aliphatic rings. The second-order valence-electron chi connectivity index (χ2n) is 10.1. The number of benzene rings is 1. The number of rotatable bonds is 16. The number of hydrogen-bond acceptors (Lipinski definition) is 0. The Balaban J connectivity index is 2.13. The molecule has 0 fully saturated rings. The molecule has 1 aromatic rings. The Morgan fingerprint density at radius 3 is 1.69 bits per heavy atom. The standard InChI is InChI=1S/C32H48/c1-5-9-13-19-27-28(20-14-10-6-2)31-24-25-18-17-23-26(25)29(21-15-11-7-3)32(31)30(27)22-16-12-8-4/h17-18,23-24H,5-16,19-22H2,1-4H3. The van der Waals surface area contributed by atoms with Crippen LogP contribution in [0.15, 0.2) is 17.7 Å². The molecule has 0 unspecified atom stereocenters. The molecule has 0 nitrogen and oxygen atoms in total. The third-order valence-electron chi connectivity index (χ3n) is 7.52. The predicted octanol–water partition coefficient (Wildman–Crippen LogP) is 8.89. The Hall–Kier alpha value is -1.56. The fraction of sp³-hybridized carbons (Fsp3) is 0.625. The number of hydrogen-bond donors (Lipinski definition) is 0. The van der Waals surface area contributed by atoms with Crippen molar-refractivity contribution in [2.24, 2.45) is 0 Å². The Bertz CT molecular complexity index is 922. The Morgan fingerprint density at radius 1 is 0.562 bits per heavy atom. The summed E-state index contributed by atoms with van der Waals surface area (Å²) in [4.78, 5) is 0. The van der Waals surface area contributed by atoms with Gasteiger partial charge in [-0.05, 0) is 101 Å². The highest BCUT2D eigenvalue weighted by molar-refractivity contribution is 5.91. The van der Waals surface area contributed by atoms with Crippen LogP contribution in [0.4, 0.5) is 0 Å². The van der Waals surface area contributed by atoms with Gasteiger partial charge in [-0.15, -0.1) is 0 Å². The van der Waals surface area contributed by atoms with Crippen LogP contribution in [-0.2, 0) is 6.42 Å². The summed E-state index contributed by atoms with van der Waals surface area (Å²) in [5.41, 5.74) is 10.1. The van der Waals surface area contributed by atoms with Gasteiger partial charge in [0.15, 0.2) is 0 Å². The predicted molar refractivity (Wildman–Crippen MR) is 145 cm³/mol. The molecule has 0 N–H and O–H groups in total. The topological polar surface area (TPSA) is 0 Å². The maximum atomic E-state index is 2.57. The Morgan fingerprint density at radius 2 is 1.09 bits per heavy atom. The number of unbranched alkanes of at least 4 members (excludes halogenated alkanes) is 8. The molecule has 0 bridgehead atoms. The smallest absolute Gasteiger partial charge is 0.0108 e. The van der Waals surface area contributed by atoms with Crippen molar-refractivity contribution >= 4 is 23.3 Å². The minimum atomic E-state index is 1.25. The summed E-state index contributed by atoms with van der Waals surface area (Å²) in [7, 11) is 0. The van der Waals surface area contributed by atoms with Crippen LogP contribution >= 0.6 is 0 Å². The summed E-state index contributed by atoms with van der Waals surface area (Å²) in [6, 6.07) is 2.57. The highest BCUT2D eigenvalue weighted by Crippen LogP contribution is 2.38. The molecule has 0 heterocycles. The first-order valence-electron chi connectivity index (χ1n) is 14.1. The summed E-state index contributed by atoms with van der Waals surface area (Å²) >= 11 is 0. The van der Waals surface area contributed by atoms with Crippen molar-refractivity contribution in [3.63, 3.8) is 0 Å². The molecule has 0 saturated carbocycles. The van der Waals surface area contributed by atoms with E-state index in [-0.39, 0.29) is 0 Å². The van der Waals surface area contributed by atoms with Gasteiger partial charge in [0.1, 0.15) is 0 Å². The SMILES string of the molecule is CCCCCC1=C(CCCCC)c2cc3c(c(CCCCC)c2=C1CCCCC)C=CC=3. The molecule has 0 atom stereocenters. The van der Waals surface area contributed by atoms with Gasteiger partial charge in [-0.1, -0.05) is 97.3 Å². The maximum absolute atomic E-state index is 2.57. The third-order valence-corrected chi connectivity index (χ3v) is 7.52. The summed E-state index contributed by atoms with van der Waals surface area (Å²) in [5, 5.41) is 3.17. The monoisotopic (exact) mass is 432 g/mol. The fourth-order valence-electron chi connectivity index (χ4n) is 5.77. The molecule has 0 radical (unpaired) electrons. The zero-order chi connectivity index (χ0) is 22.8. The summed E-state index contributed by atoms with van der Waals surface area (Å²) < 4.78 is 0. The first-order chi connectivity index (χ1) is 15.8. The summed E-state index contributed by atoms with van der Waals surface area (Å²) in [6.07, 6.45) is 28.2. The van der Waals surface area contributed by atoms with Gasteiger partial charge in [-0.2, -0.15) is 0 Å². The minimum absolute atomic E-state index is 1.25. The van der Waals surface area contributed by atoms with E-state index in [0.29, 0.717) is 0 Å². The van der Waals surface area contributed by atoms with E-state index >= 15 is 0 Å². The second-order valence-corrected chi connectivity index (χ2v) is 10.1. The van der Waals surface area contributed by atoms with Gasteiger partial charge in [0.25, 0.3) is 0 Å². The van der Waals surface area contributed by atoms with E-state index in [1.54, 1.807) is 33.1 Å². The lowest BCUT2D eigenvalue weighted by molar-refractivity contribution is 0.703. The quantitative estimate of drug-likeness (QED) is 0.229. The Labute approximate surface area is 198 Å². The summed E-state index contributed by atoms with van der Waals surface area (Å²) in [5.74, 6) is 0. The first-order valence-corrected chi connectivity index (χ1v) is 14.1. The van der Waals surface area contributed by atoms with E-state index in [0.717, 1.165) is 0 Å². The van der Waals surface area contributed by atoms with Crippen molar-refractivity contribution in [2.45, 2.75) is 130 Å². The lowest BCUT2D eigenvalue weighted by Crippen LogP contribution is -2.23. The zero-order valence-corrected chi connectivity index (χ0v) is 21.6. The molecular formula is C32H48. The van der Waals surface area contributed by atoms with Crippen LogP contribution in [0.2, 0.25) is 0 Å². The van der Waals surface area contributed by atoms with E-state index in [2.05, 4.69) is 52.0 Å². The average Bonchev–Trinajstić information content (AvgIpc) is 3.38. The van der Waals surface area contributed by atoms with Gasteiger partial charge in [0, 0.05) is 0 Å². The van der Waals surface area contributed by atoms with Crippen molar-refractivity contribution in [3.05, 3.63) is 44.8 Å². The molecule has 0 aliphatic heterocycles. The first kappa shape index (κ1) is 25.1. The minimum Gasteiger partial charge on any atom is -0.0654 e. The van der Waals surface area contributed by atoms with Crippen LogP contribution in [0.5, 0.6) is 0 Å². The van der Waals surface area contributed by atoms with Gasteiger partial charge in [-0.3, -0.25) is 0 Å². The van der Waals surface area contributed by atoms with Crippen molar-refractivity contribution in [2.75, 3.05) is 0 Å². The lowest BCUT2D eigenvalue weighted by Gasteiger charge is -2.13. The van der Waals surface area contributed by atoms with Crippen LogP contribution in [0.25, 0.3) is 23.3 Å². The molecule has 3 rings (SSSR count). The van der Waals surface area contributed by atoms with Crippen LogP contribution in [0.1, 0.15) is 141 Å². The zero-order valence-electron chi connectivity index (χ0n) is 21.6. The van der Waals surface area contributed by atoms with Gasteiger partial charge in [0.05, 0.1) is 0 Å². The molecule has 0 heteroatoms. The third kappa shape index (κ3) is 5.86. The van der Waals surface area contributed by atoms with Crippen LogP contribution < -0.4 is 10.4 Å². The van der Waals surface area contributed by atoms with E-state index in [9.17, 15) is 0 Å². The molecule has 0 aromatic heterocycles. The van der Waals surface area contributed by atoms with E-state index in [4.69, 9.17) is 0 Å². The fourth-order valence-corrected chi connectivity index (χ4v) is 5.77. The van der Waals surface area contributed by atoms with E-state index in [1.807, 2.05) is 0 Å². The van der Waals surface area contributed by atoms with Gasteiger partial charge in [-0.25, -0.2) is 0 Å². The van der Waals surface area contributed by atoms with Crippen molar-refractivity contribution in [1.82, 2.24) is 0 Å². The highest BCUT2D eigenvalue weighted by Gasteiger charge is 2.25. The molecule has 1 aromatic carbocycles. The van der Waals surface area contributed by atoms with Crippen molar-refractivity contribution in [3.8, 4) is 0 Å². The van der Waals surface area contributed by atoms with E-state index in [1.165, 1.54) is 114 Å². The van der Waals surface area contributed by atoms with Crippen LogP contribution in [0, 0.1) is 0 Å². The number of allylic oxidation sites excluding steroid dienone is 3. The largest absolute Gasteiger partial charge is 0.0654 e. The Kier molecular flexibility index (Phi) is 10.4. The molecular weight excluding hydrogens is 384 g/mol. The molecule has 0 saturated heterocycles. The lowest BCUT2D eigenvalue weighted by atomic mass is 9.91. The summed E-state index contributed by atoms with van der Waals surface area (Å²) in [6.45, 7) is 9.34. The van der Waals surface area contributed by atoms with Crippen molar-refractivity contribution < 1.29 is 0 Å². The molecule has 0 amide bonds. The van der Waals surface area contributed by atoms with Gasteiger partial charge < -0.3 is 0 Å². The normalized spacial score (nSPS) is 14.3. The van der Waals surface area contributed by atoms with Crippen molar-refractivity contribution in [1.29, 1.82) is 0 Å². The molecule has 0 spiro atoms. The average molecular weight is 433 g/mol. The maximum Gasteiger partial charge on any atom is -0.0108 e. The highest BCUT2D eigenvalue weighted by atomic mass is 14.3. The van der Waals surface area contributed by atoms with Gasteiger partial charge in [0.2, 0.25) is 0 Å².